The van der Waals surface area contributed by atoms with Crippen molar-refractivity contribution in [3.63, 3.8) is 0 Å². The zero-order chi connectivity index (χ0) is 6.81. The third-order valence-electron chi connectivity index (χ3n) is 1.62. The van der Waals surface area contributed by atoms with Gasteiger partial charge in [-0.3, -0.25) is 9.98 Å². The standard InChI is InChI=1S/C7H9N3/c1-2-9-7-6-8-3-5-10(7)4-1/h1,4,6H,2-3,5H2. The van der Waals surface area contributed by atoms with Crippen LogP contribution in [0.15, 0.2) is 22.3 Å². The van der Waals surface area contributed by atoms with Gasteiger partial charge in [0.05, 0.1) is 19.3 Å². The van der Waals surface area contributed by atoms with Crippen LogP contribution >= 0.6 is 0 Å². The quantitative estimate of drug-likeness (QED) is 0.469. The van der Waals surface area contributed by atoms with Gasteiger partial charge in [0.1, 0.15) is 5.84 Å². The molecule has 0 aliphatic carbocycles. The van der Waals surface area contributed by atoms with Crippen molar-refractivity contribution in [1.82, 2.24) is 4.90 Å². The first-order chi connectivity index (χ1) is 4.97. The number of aliphatic imine (C=N–C) groups is 2. The molecule has 0 amide bonds. The predicted octanol–water partition coefficient (Wildman–Crippen LogP) is 0.299. The molecular formula is C7H9N3. The topological polar surface area (TPSA) is 28.0 Å². The molecule has 0 fully saturated rings. The number of hydrogen-bond donors (Lipinski definition) is 0. The first-order valence-electron chi connectivity index (χ1n) is 3.44. The number of amidine groups is 1. The average Bonchev–Trinajstić information content (AvgIpc) is 2.05. The van der Waals surface area contributed by atoms with Crippen molar-refractivity contribution in [2.75, 3.05) is 19.6 Å². The summed E-state index contributed by atoms with van der Waals surface area (Å²) in [4.78, 5) is 10.5. The predicted molar refractivity (Wildman–Crippen MR) is 41.5 cm³/mol. The molecule has 2 aliphatic heterocycles. The van der Waals surface area contributed by atoms with E-state index in [2.05, 4.69) is 27.2 Å². The fourth-order valence-electron chi connectivity index (χ4n) is 1.10. The van der Waals surface area contributed by atoms with Gasteiger partial charge in [0, 0.05) is 12.7 Å². The van der Waals surface area contributed by atoms with Crippen molar-refractivity contribution in [2.24, 2.45) is 9.98 Å². The highest BCUT2D eigenvalue weighted by molar-refractivity contribution is 6.30. The van der Waals surface area contributed by atoms with Crippen LogP contribution in [-0.2, 0) is 0 Å². The summed E-state index contributed by atoms with van der Waals surface area (Å²) in [5.41, 5.74) is 0. The molecule has 0 aromatic carbocycles. The van der Waals surface area contributed by atoms with E-state index >= 15 is 0 Å². The normalized spacial score (nSPS) is 22.4. The second-order valence-corrected chi connectivity index (χ2v) is 2.31. The Bertz CT molecular complexity index is 215. The summed E-state index contributed by atoms with van der Waals surface area (Å²) < 4.78 is 0. The van der Waals surface area contributed by atoms with Crippen LogP contribution in [0.1, 0.15) is 0 Å². The lowest BCUT2D eigenvalue weighted by atomic mass is 10.3. The summed E-state index contributed by atoms with van der Waals surface area (Å²) in [6, 6.07) is 0. The van der Waals surface area contributed by atoms with Crippen molar-refractivity contribution >= 4 is 12.1 Å². The molecule has 0 N–H and O–H groups in total. The molecule has 2 heterocycles. The Morgan fingerprint density at radius 3 is 3.40 bits per heavy atom. The van der Waals surface area contributed by atoms with Crippen molar-refractivity contribution in [3.8, 4) is 0 Å². The Balaban J connectivity index is 2.26. The first-order valence-corrected chi connectivity index (χ1v) is 3.44. The highest BCUT2D eigenvalue weighted by Crippen LogP contribution is 2.02. The van der Waals surface area contributed by atoms with E-state index in [1.165, 1.54) is 0 Å². The Hall–Kier alpha value is -1.12. The molecule has 0 unspecified atom stereocenters. The molecule has 0 bridgehead atoms. The van der Waals surface area contributed by atoms with E-state index in [0.29, 0.717) is 0 Å². The SMILES string of the molecule is C1=CN2CCN=CC2=NC1. The van der Waals surface area contributed by atoms with Gasteiger partial charge in [0.2, 0.25) is 0 Å². The lowest BCUT2D eigenvalue weighted by molar-refractivity contribution is 0.554. The van der Waals surface area contributed by atoms with Crippen LogP contribution in [0.4, 0.5) is 0 Å². The summed E-state index contributed by atoms with van der Waals surface area (Å²) in [5.74, 6) is 1.01. The van der Waals surface area contributed by atoms with Crippen LogP contribution < -0.4 is 0 Å². The minimum Gasteiger partial charge on any atom is -0.330 e. The fourth-order valence-corrected chi connectivity index (χ4v) is 1.10. The Labute approximate surface area is 59.8 Å². The largest absolute Gasteiger partial charge is 0.330 e. The van der Waals surface area contributed by atoms with Crippen LogP contribution in [0.25, 0.3) is 0 Å². The van der Waals surface area contributed by atoms with E-state index < -0.39 is 0 Å². The molecule has 0 aromatic rings. The molecule has 0 spiro atoms. The summed E-state index contributed by atoms with van der Waals surface area (Å²) >= 11 is 0. The first kappa shape index (κ1) is 5.65. The molecule has 2 aliphatic rings. The van der Waals surface area contributed by atoms with Gasteiger partial charge in [0.25, 0.3) is 0 Å². The molecule has 3 heteroatoms. The minimum atomic E-state index is 0.803. The van der Waals surface area contributed by atoms with E-state index in [1.807, 2.05) is 6.21 Å². The number of nitrogens with zero attached hydrogens (tertiary/aromatic N) is 3. The molecular weight excluding hydrogens is 126 g/mol. The molecule has 0 saturated heterocycles. The highest BCUT2D eigenvalue weighted by atomic mass is 15.2. The van der Waals surface area contributed by atoms with Gasteiger partial charge in [-0.1, -0.05) is 0 Å². The maximum absolute atomic E-state index is 4.26. The maximum Gasteiger partial charge on any atom is 0.146 e. The van der Waals surface area contributed by atoms with Crippen LogP contribution in [0.3, 0.4) is 0 Å². The zero-order valence-corrected chi connectivity index (χ0v) is 5.70. The van der Waals surface area contributed by atoms with Crippen LogP contribution in [0.2, 0.25) is 0 Å². The smallest absolute Gasteiger partial charge is 0.146 e. The summed E-state index contributed by atoms with van der Waals surface area (Å²) in [6.45, 7) is 2.67. The van der Waals surface area contributed by atoms with Crippen LogP contribution in [-0.4, -0.2) is 36.6 Å². The van der Waals surface area contributed by atoms with Crippen molar-refractivity contribution in [1.29, 1.82) is 0 Å². The Morgan fingerprint density at radius 2 is 2.50 bits per heavy atom. The summed E-state index contributed by atoms with van der Waals surface area (Å²) in [5, 5.41) is 0. The molecule has 0 atom stereocenters. The number of rotatable bonds is 0. The molecule has 52 valence electrons. The zero-order valence-electron chi connectivity index (χ0n) is 5.70. The second-order valence-electron chi connectivity index (χ2n) is 2.31. The van der Waals surface area contributed by atoms with E-state index in [9.17, 15) is 0 Å². The fraction of sp³-hybridized carbons (Fsp3) is 0.429. The van der Waals surface area contributed by atoms with E-state index in [4.69, 9.17) is 0 Å². The van der Waals surface area contributed by atoms with Crippen LogP contribution in [0.5, 0.6) is 0 Å². The van der Waals surface area contributed by atoms with Crippen molar-refractivity contribution in [2.45, 2.75) is 0 Å². The van der Waals surface area contributed by atoms with Crippen LogP contribution in [0, 0.1) is 0 Å². The second kappa shape index (κ2) is 2.25. The minimum absolute atomic E-state index is 0.803. The Morgan fingerprint density at radius 1 is 1.50 bits per heavy atom. The lowest BCUT2D eigenvalue weighted by Gasteiger charge is -2.24. The molecule has 0 saturated carbocycles. The van der Waals surface area contributed by atoms with Gasteiger partial charge < -0.3 is 4.90 Å². The molecule has 10 heavy (non-hydrogen) atoms. The van der Waals surface area contributed by atoms with E-state index in [0.717, 1.165) is 25.5 Å². The lowest BCUT2D eigenvalue weighted by Crippen LogP contribution is -2.34. The van der Waals surface area contributed by atoms with Crippen molar-refractivity contribution < 1.29 is 0 Å². The van der Waals surface area contributed by atoms with Gasteiger partial charge in [-0.2, -0.15) is 0 Å². The maximum atomic E-state index is 4.26. The van der Waals surface area contributed by atoms with Gasteiger partial charge in [-0.25, -0.2) is 0 Å². The van der Waals surface area contributed by atoms with Gasteiger partial charge >= 0.3 is 0 Å². The molecule has 0 radical (unpaired) electrons. The Kier molecular flexibility index (Phi) is 1.27. The molecule has 3 nitrogen and oxygen atoms in total. The molecule has 0 aromatic heterocycles. The summed E-state index contributed by atoms with van der Waals surface area (Å²) in [6.07, 6.45) is 5.98. The van der Waals surface area contributed by atoms with Crippen molar-refractivity contribution in [3.05, 3.63) is 12.3 Å². The molecule has 2 rings (SSSR count). The summed E-state index contributed by atoms with van der Waals surface area (Å²) in [7, 11) is 0. The average molecular weight is 135 g/mol. The van der Waals surface area contributed by atoms with Gasteiger partial charge in [-0.05, 0) is 6.08 Å². The van der Waals surface area contributed by atoms with Gasteiger partial charge in [0.15, 0.2) is 0 Å². The monoisotopic (exact) mass is 135 g/mol. The van der Waals surface area contributed by atoms with E-state index in [-0.39, 0.29) is 0 Å². The third kappa shape index (κ3) is 0.835. The number of fused-ring (bicyclic) bond motifs is 1. The van der Waals surface area contributed by atoms with Gasteiger partial charge in [-0.15, -0.1) is 0 Å². The van der Waals surface area contributed by atoms with E-state index in [1.54, 1.807) is 0 Å². The third-order valence-corrected chi connectivity index (χ3v) is 1.62. The highest BCUT2D eigenvalue weighted by Gasteiger charge is 2.10. The number of hydrogen-bond acceptors (Lipinski definition) is 3.